The lowest BCUT2D eigenvalue weighted by Crippen LogP contribution is -2.53. The minimum Gasteiger partial charge on any atom is -0.450 e. The van der Waals surface area contributed by atoms with E-state index >= 15 is 0 Å². The van der Waals surface area contributed by atoms with E-state index in [2.05, 4.69) is 6.92 Å². The first-order valence-corrected chi connectivity index (χ1v) is 7.99. The van der Waals surface area contributed by atoms with Crippen molar-refractivity contribution >= 4 is 12.0 Å². The van der Waals surface area contributed by atoms with E-state index in [1.54, 1.807) is 11.8 Å². The Morgan fingerprint density at radius 2 is 1.76 bits per heavy atom. The first-order chi connectivity index (χ1) is 10.0. The van der Waals surface area contributed by atoms with Crippen molar-refractivity contribution in [3.05, 3.63) is 0 Å². The molecule has 3 atom stereocenters. The second-order valence-electron chi connectivity index (χ2n) is 6.17. The van der Waals surface area contributed by atoms with Gasteiger partial charge in [0.05, 0.1) is 6.61 Å². The molecule has 0 bridgehead atoms. The van der Waals surface area contributed by atoms with Gasteiger partial charge in [0.25, 0.3) is 0 Å². The molecule has 0 spiro atoms. The lowest BCUT2D eigenvalue weighted by molar-refractivity contribution is -0.140. The third-order valence-corrected chi connectivity index (χ3v) is 4.67. The number of hydrogen-bond donors (Lipinski definition) is 1. The molecule has 2 fully saturated rings. The monoisotopic (exact) mass is 297 g/mol. The molecule has 2 rings (SSSR count). The van der Waals surface area contributed by atoms with Gasteiger partial charge in [0.15, 0.2) is 0 Å². The summed E-state index contributed by atoms with van der Waals surface area (Å²) in [4.78, 5) is 27.9. The molecular weight excluding hydrogens is 270 g/mol. The fourth-order valence-electron chi connectivity index (χ4n) is 3.26. The molecule has 2 aliphatic rings. The van der Waals surface area contributed by atoms with Crippen molar-refractivity contribution in [2.75, 3.05) is 32.8 Å². The number of ether oxygens (including phenoxy) is 1. The van der Waals surface area contributed by atoms with Crippen LogP contribution in [-0.2, 0) is 9.53 Å². The number of piperazine rings is 1. The van der Waals surface area contributed by atoms with Gasteiger partial charge in [0.1, 0.15) is 0 Å². The smallest absolute Gasteiger partial charge is 0.409 e. The minimum absolute atomic E-state index is 0.0443. The van der Waals surface area contributed by atoms with Gasteiger partial charge in [0, 0.05) is 38.1 Å². The standard InChI is InChI=1S/C15H27N3O3/c1-3-21-15(20)18-8-6-17(7-9-18)14(19)13-10-12(16)5-4-11(13)2/h11-13H,3-10,16H2,1-2H3. The van der Waals surface area contributed by atoms with Gasteiger partial charge in [0.2, 0.25) is 5.91 Å². The van der Waals surface area contributed by atoms with Crippen LogP contribution >= 0.6 is 0 Å². The second kappa shape index (κ2) is 7.11. The summed E-state index contributed by atoms with van der Waals surface area (Å²) >= 11 is 0. The normalized spacial score (nSPS) is 30.1. The van der Waals surface area contributed by atoms with Crippen molar-refractivity contribution in [3.8, 4) is 0 Å². The van der Waals surface area contributed by atoms with Crippen molar-refractivity contribution in [1.29, 1.82) is 0 Å². The maximum Gasteiger partial charge on any atom is 0.409 e. The first-order valence-electron chi connectivity index (χ1n) is 7.99. The Kier molecular flexibility index (Phi) is 5.45. The van der Waals surface area contributed by atoms with Crippen molar-refractivity contribution < 1.29 is 14.3 Å². The minimum atomic E-state index is -0.280. The van der Waals surface area contributed by atoms with Gasteiger partial charge in [-0.1, -0.05) is 6.92 Å². The molecule has 1 saturated carbocycles. The summed E-state index contributed by atoms with van der Waals surface area (Å²) in [6, 6.07) is 0.149. The van der Waals surface area contributed by atoms with Gasteiger partial charge in [-0.25, -0.2) is 4.79 Å². The number of carbonyl (C=O) groups excluding carboxylic acids is 2. The average molecular weight is 297 g/mol. The lowest BCUT2D eigenvalue weighted by atomic mass is 9.77. The zero-order valence-electron chi connectivity index (χ0n) is 13.1. The van der Waals surface area contributed by atoms with Crippen LogP contribution < -0.4 is 5.73 Å². The van der Waals surface area contributed by atoms with Gasteiger partial charge in [-0.2, -0.15) is 0 Å². The molecule has 21 heavy (non-hydrogen) atoms. The van der Waals surface area contributed by atoms with E-state index in [4.69, 9.17) is 10.5 Å². The van der Waals surface area contributed by atoms with Crippen LogP contribution in [-0.4, -0.2) is 60.6 Å². The van der Waals surface area contributed by atoms with Crippen LogP contribution in [0.3, 0.4) is 0 Å². The molecule has 2 N–H and O–H groups in total. The predicted molar refractivity (Wildman–Crippen MR) is 79.7 cm³/mol. The van der Waals surface area contributed by atoms with E-state index in [9.17, 15) is 9.59 Å². The number of nitrogens with two attached hydrogens (primary N) is 1. The molecule has 0 aromatic rings. The molecule has 6 nitrogen and oxygen atoms in total. The Bertz CT molecular complexity index is 380. The molecule has 0 radical (unpaired) electrons. The van der Waals surface area contributed by atoms with E-state index in [-0.39, 0.29) is 24.0 Å². The van der Waals surface area contributed by atoms with Gasteiger partial charge in [-0.05, 0) is 32.1 Å². The molecule has 1 heterocycles. The number of carbonyl (C=O) groups is 2. The lowest BCUT2D eigenvalue weighted by Gasteiger charge is -2.39. The van der Waals surface area contributed by atoms with Gasteiger partial charge in [-0.3, -0.25) is 4.79 Å². The largest absolute Gasteiger partial charge is 0.450 e. The van der Waals surface area contributed by atoms with Crippen LogP contribution in [0.4, 0.5) is 4.79 Å². The third kappa shape index (κ3) is 3.87. The Morgan fingerprint density at radius 3 is 2.38 bits per heavy atom. The van der Waals surface area contributed by atoms with Gasteiger partial charge >= 0.3 is 6.09 Å². The molecule has 0 aromatic heterocycles. The highest BCUT2D eigenvalue weighted by molar-refractivity contribution is 5.79. The number of nitrogens with zero attached hydrogens (tertiary/aromatic N) is 2. The third-order valence-electron chi connectivity index (χ3n) is 4.67. The van der Waals surface area contributed by atoms with Crippen LogP contribution in [0.15, 0.2) is 0 Å². The summed E-state index contributed by atoms with van der Waals surface area (Å²) in [5, 5.41) is 0. The fourth-order valence-corrected chi connectivity index (χ4v) is 3.26. The van der Waals surface area contributed by atoms with E-state index in [0.717, 1.165) is 19.3 Å². The molecule has 6 heteroatoms. The zero-order chi connectivity index (χ0) is 15.4. The topological polar surface area (TPSA) is 75.9 Å². The highest BCUT2D eigenvalue weighted by atomic mass is 16.6. The molecule has 2 amide bonds. The molecule has 1 aliphatic heterocycles. The van der Waals surface area contributed by atoms with Crippen molar-refractivity contribution in [2.45, 2.75) is 39.2 Å². The molecule has 3 unspecified atom stereocenters. The molecule has 120 valence electrons. The average Bonchev–Trinajstić information content (AvgIpc) is 2.49. The number of hydrogen-bond acceptors (Lipinski definition) is 4. The quantitative estimate of drug-likeness (QED) is 0.826. The SMILES string of the molecule is CCOC(=O)N1CCN(C(=O)C2CC(N)CCC2C)CC1. The Balaban J connectivity index is 1.86. The van der Waals surface area contributed by atoms with E-state index in [0.29, 0.717) is 38.7 Å². The van der Waals surface area contributed by atoms with Gasteiger partial charge in [-0.15, -0.1) is 0 Å². The highest BCUT2D eigenvalue weighted by Crippen LogP contribution is 2.30. The van der Waals surface area contributed by atoms with Crippen LogP contribution in [0.2, 0.25) is 0 Å². The maximum absolute atomic E-state index is 12.6. The summed E-state index contributed by atoms with van der Waals surface area (Å²) in [5.41, 5.74) is 6.01. The summed E-state index contributed by atoms with van der Waals surface area (Å²) in [6.45, 7) is 6.62. The molecular formula is C15H27N3O3. The Hall–Kier alpha value is -1.30. The molecule has 1 saturated heterocycles. The van der Waals surface area contributed by atoms with Crippen LogP contribution in [0, 0.1) is 11.8 Å². The first kappa shape index (κ1) is 16.1. The number of amides is 2. The van der Waals surface area contributed by atoms with Crippen LogP contribution in [0.1, 0.15) is 33.1 Å². The Labute approximate surface area is 126 Å². The van der Waals surface area contributed by atoms with Crippen LogP contribution in [0.25, 0.3) is 0 Å². The van der Waals surface area contributed by atoms with Crippen molar-refractivity contribution in [3.63, 3.8) is 0 Å². The Morgan fingerprint density at radius 1 is 1.14 bits per heavy atom. The van der Waals surface area contributed by atoms with E-state index < -0.39 is 0 Å². The zero-order valence-corrected chi connectivity index (χ0v) is 13.1. The van der Waals surface area contributed by atoms with Gasteiger partial charge < -0.3 is 20.3 Å². The summed E-state index contributed by atoms with van der Waals surface area (Å²) < 4.78 is 4.99. The predicted octanol–water partition coefficient (Wildman–Crippen LogP) is 1.05. The summed E-state index contributed by atoms with van der Waals surface area (Å²) in [5.74, 6) is 0.657. The fraction of sp³-hybridized carbons (Fsp3) is 0.867. The summed E-state index contributed by atoms with van der Waals surface area (Å²) in [6.07, 6.45) is 2.55. The van der Waals surface area contributed by atoms with Crippen LogP contribution in [0.5, 0.6) is 0 Å². The van der Waals surface area contributed by atoms with Crippen molar-refractivity contribution in [1.82, 2.24) is 9.80 Å². The molecule has 0 aromatic carbocycles. The second-order valence-corrected chi connectivity index (χ2v) is 6.17. The van der Waals surface area contributed by atoms with E-state index in [1.165, 1.54) is 0 Å². The summed E-state index contributed by atoms with van der Waals surface area (Å²) in [7, 11) is 0. The highest BCUT2D eigenvalue weighted by Gasteiger charge is 2.35. The van der Waals surface area contributed by atoms with E-state index in [1.807, 2.05) is 4.90 Å². The number of rotatable bonds is 2. The van der Waals surface area contributed by atoms with Crippen molar-refractivity contribution in [2.24, 2.45) is 17.6 Å². The maximum atomic E-state index is 12.6. The molecule has 1 aliphatic carbocycles.